The Bertz CT molecular complexity index is 1170. The van der Waals surface area contributed by atoms with Gasteiger partial charge in [0.2, 0.25) is 5.91 Å². The van der Waals surface area contributed by atoms with Gasteiger partial charge in [0.25, 0.3) is 5.91 Å². The molecule has 0 aliphatic carbocycles. The van der Waals surface area contributed by atoms with Crippen molar-refractivity contribution >= 4 is 27.7 Å². The number of hydrogen-bond acceptors (Lipinski definition) is 4. The minimum absolute atomic E-state index is 0.173. The molecule has 0 aliphatic heterocycles. The summed E-state index contributed by atoms with van der Waals surface area (Å²) in [7, 11) is 1.61. The van der Waals surface area contributed by atoms with Crippen LogP contribution in [0.4, 0.5) is 0 Å². The van der Waals surface area contributed by atoms with Crippen molar-refractivity contribution in [2.24, 2.45) is 0 Å². The fourth-order valence-electron chi connectivity index (χ4n) is 3.96. The molecule has 2 amide bonds. The zero-order valence-electron chi connectivity index (χ0n) is 21.7. The number of nitrogens with one attached hydrogen (secondary N) is 1. The van der Waals surface area contributed by atoms with E-state index in [4.69, 9.17) is 9.47 Å². The number of rotatable bonds is 13. The topological polar surface area (TPSA) is 67.9 Å². The number of amides is 2. The van der Waals surface area contributed by atoms with E-state index in [2.05, 4.69) is 28.2 Å². The summed E-state index contributed by atoms with van der Waals surface area (Å²) in [5.41, 5.74) is 2.85. The van der Waals surface area contributed by atoms with Gasteiger partial charge in [0.05, 0.1) is 7.11 Å². The molecule has 0 bridgehead atoms. The summed E-state index contributed by atoms with van der Waals surface area (Å²) in [6, 6.07) is 22.2. The number of nitrogens with zero attached hydrogens (tertiary/aromatic N) is 1. The number of carbonyl (C=O) groups excluding carboxylic acids is 2. The molecule has 196 valence electrons. The van der Waals surface area contributed by atoms with Crippen LogP contribution >= 0.6 is 15.9 Å². The van der Waals surface area contributed by atoms with Crippen molar-refractivity contribution in [1.82, 2.24) is 10.2 Å². The molecule has 0 radical (unpaired) electrons. The molecule has 0 spiro atoms. The van der Waals surface area contributed by atoms with E-state index in [0.29, 0.717) is 24.5 Å². The molecule has 0 heterocycles. The van der Waals surface area contributed by atoms with E-state index in [1.807, 2.05) is 79.7 Å². The number of ether oxygens (including phenoxy) is 2. The molecule has 1 atom stereocenters. The van der Waals surface area contributed by atoms with E-state index >= 15 is 0 Å². The lowest BCUT2D eigenvalue weighted by atomic mass is 10.0. The summed E-state index contributed by atoms with van der Waals surface area (Å²) in [6.45, 7) is 4.67. The highest BCUT2D eigenvalue weighted by Gasteiger charge is 2.30. The van der Waals surface area contributed by atoms with Crippen molar-refractivity contribution in [3.63, 3.8) is 0 Å². The van der Waals surface area contributed by atoms with Crippen molar-refractivity contribution < 1.29 is 19.1 Å². The summed E-state index contributed by atoms with van der Waals surface area (Å²) in [5, 5.41) is 3.03. The van der Waals surface area contributed by atoms with E-state index < -0.39 is 6.04 Å². The van der Waals surface area contributed by atoms with Crippen LogP contribution < -0.4 is 14.8 Å². The van der Waals surface area contributed by atoms with Gasteiger partial charge in [-0.25, -0.2) is 0 Å². The van der Waals surface area contributed by atoms with E-state index in [-0.39, 0.29) is 25.0 Å². The molecular weight excluding hydrogens is 532 g/mol. The maximum Gasteiger partial charge on any atom is 0.261 e. The van der Waals surface area contributed by atoms with Gasteiger partial charge in [0.1, 0.15) is 17.5 Å². The normalized spacial score (nSPS) is 11.5. The van der Waals surface area contributed by atoms with Gasteiger partial charge in [-0.2, -0.15) is 0 Å². The lowest BCUT2D eigenvalue weighted by molar-refractivity contribution is -0.142. The number of halogens is 1. The Morgan fingerprint density at radius 3 is 2.43 bits per heavy atom. The smallest absolute Gasteiger partial charge is 0.261 e. The molecule has 0 saturated heterocycles. The summed E-state index contributed by atoms with van der Waals surface area (Å²) < 4.78 is 12.2. The Kier molecular flexibility index (Phi) is 11.0. The Labute approximate surface area is 228 Å². The van der Waals surface area contributed by atoms with Crippen molar-refractivity contribution in [1.29, 1.82) is 0 Å². The minimum Gasteiger partial charge on any atom is -0.497 e. The summed E-state index contributed by atoms with van der Waals surface area (Å²) >= 11 is 3.49. The zero-order chi connectivity index (χ0) is 26.6. The lowest BCUT2D eigenvalue weighted by Crippen LogP contribution is -2.51. The summed E-state index contributed by atoms with van der Waals surface area (Å²) in [6.07, 6.45) is 2.24. The van der Waals surface area contributed by atoms with Crippen LogP contribution in [0.1, 0.15) is 36.5 Å². The average molecular weight is 568 g/mol. The van der Waals surface area contributed by atoms with Crippen LogP contribution in [0.3, 0.4) is 0 Å². The monoisotopic (exact) mass is 566 g/mol. The predicted molar refractivity (Wildman–Crippen MR) is 150 cm³/mol. The molecule has 3 aromatic rings. The second kappa shape index (κ2) is 14.4. The molecule has 0 aliphatic rings. The first-order chi connectivity index (χ1) is 17.9. The highest BCUT2D eigenvalue weighted by atomic mass is 79.9. The molecule has 1 unspecified atom stereocenters. The fourth-order valence-corrected chi connectivity index (χ4v) is 4.21. The fraction of sp³-hybridized carbons (Fsp3) is 0.333. The van der Waals surface area contributed by atoms with Gasteiger partial charge in [0, 0.05) is 24.0 Å². The maximum absolute atomic E-state index is 13.7. The lowest BCUT2D eigenvalue weighted by Gasteiger charge is -2.31. The molecule has 7 heteroatoms. The highest BCUT2D eigenvalue weighted by Crippen LogP contribution is 2.22. The molecule has 3 aromatic carbocycles. The van der Waals surface area contributed by atoms with E-state index in [1.54, 1.807) is 12.0 Å². The van der Waals surface area contributed by atoms with Gasteiger partial charge in [-0.1, -0.05) is 71.7 Å². The highest BCUT2D eigenvalue weighted by molar-refractivity contribution is 9.10. The first-order valence-electron chi connectivity index (χ1n) is 12.5. The van der Waals surface area contributed by atoms with Crippen LogP contribution in [0.5, 0.6) is 11.5 Å². The Hall–Kier alpha value is -3.32. The Morgan fingerprint density at radius 2 is 1.73 bits per heavy atom. The third-order valence-electron chi connectivity index (χ3n) is 6.08. The number of unbranched alkanes of at least 4 members (excludes halogenated alkanes) is 1. The molecule has 6 nitrogen and oxygen atoms in total. The minimum atomic E-state index is -0.701. The molecule has 0 aromatic heterocycles. The molecule has 3 rings (SSSR count). The maximum atomic E-state index is 13.7. The first-order valence-corrected chi connectivity index (χ1v) is 13.3. The quantitative estimate of drug-likeness (QED) is 0.269. The van der Waals surface area contributed by atoms with Crippen LogP contribution in [0.15, 0.2) is 77.3 Å². The van der Waals surface area contributed by atoms with Gasteiger partial charge in [-0.05, 0) is 60.4 Å². The van der Waals surface area contributed by atoms with Crippen LogP contribution in [-0.2, 0) is 22.6 Å². The molecule has 37 heavy (non-hydrogen) atoms. The molecule has 0 fully saturated rings. The largest absolute Gasteiger partial charge is 0.497 e. The standard InChI is InChI=1S/C30H35BrN2O4/c1-4-5-16-32-30(35)28(19-23-10-7-6-8-11-23)33(20-24-12-9-13-25(18-24)36-3)29(34)21-37-26-14-15-27(31)22(2)17-26/h6-15,17-18,28H,4-5,16,19-21H2,1-3H3,(H,32,35). The van der Waals surface area contributed by atoms with Crippen LogP contribution in [0, 0.1) is 6.92 Å². The van der Waals surface area contributed by atoms with Crippen LogP contribution in [0.25, 0.3) is 0 Å². The van der Waals surface area contributed by atoms with Crippen molar-refractivity contribution in [3.05, 3.63) is 94.0 Å². The van der Waals surface area contributed by atoms with Gasteiger partial charge in [0.15, 0.2) is 6.61 Å². The number of carbonyl (C=O) groups is 2. The molecule has 0 saturated carbocycles. The SMILES string of the molecule is CCCCNC(=O)C(Cc1ccccc1)N(Cc1cccc(OC)c1)C(=O)COc1ccc(Br)c(C)c1. The molecular formula is C30H35BrN2O4. The third-order valence-corrected chi connectivity index (χ3v) is 6.97. The second-order valence-corrected chi connectivity index (χ2v) is 9.78. The molecule has 1 N–H and O–H groups in total. The zero-order valence-corrected chi connectivity index (χ0v) is 23.3. The number of benzene rings is 3. The van der Waals surface area contributed by atoms with Crippen LogP contribution in [-0.4, -0.2) is 43.0 Å². The van der Waals surface area contributed by atoms with Crippen LogP contribution in [0.2, 0.25) is 0 Å². The Morgan fingerprint density at radius 1 is 0.973 bits per heavy atom. The second-order valence-electron chi connectivity index (χ2n) is 8.92. The van der Waals surface area contributed by atoms with E-state index in [1.165, 1.54) is 0 Å². The van der Waals surface area contributed by atoms with Gasteiger partial charge < -0.3 is 19.7 Å². The summed E-state index contributed by atoms with van der Waals surface area (Å²) in [4.78, 5) is 28.8. The number of methoxy groups -OCH3 is 1. The number of aryl methyl sites for hydroxylation is 1. The number of hydrogen-bond donors (Lipinski definition) is 1. The van der Waals surface area contributed by atoms with E-state index in [0.717, 1.165) is 34.0 Å². The van der Waals surface area contributed by atoms with E-state index in [9.17, 15) is 9.59 Å². The van der Waals surface area contributed by atoms with Gasteiger partial charge in [-0.15, -0.1) is 0 Å². The van der Waals surface area contributed by atoms with Crippen molar-refractivity contribution in [3.8, 4) is 11.5 Å². The first kappa shape index (κ1) is 28.3. The van der Waals surface area contributed by atoms with Gasteiger partial charge >= 0.3 is 0 Å². The Balaban J connectivity index is 1.90. The van der Waals surface area contributed by atoms with Crippen molar-refractivity contribution in [2.75, 3.05) is 20.3 Å². The van der Waals surface area contributed by atoms with Crippen molar-refractivity contribution in [2.45, 2.75) is 45.7 Å². The predicted octanol–water partition coefficient (Wildman–Crippen LogP) is 5.70. The third kappa shape index (κ3) is 8.64. The summed E-state index contributed by atoms with van der Waals surface area (Å²) in [5.74, 6) is 0.851. The average Bonchev–Trinajstić information content (AvgIpc) is 2.92. The van der Waals surface area contributed by atoms with Gasteiger partial charge in [-0.3, -0.25) is 9.59 Å².